The van der Waals surface area contributed by atoms with Crippen LogP contribution in [-0.2, 0) is 4.79 Å². The van der Waals surface area contributed by atoms with E-state index in [0.29, 0.717) is 11.7 Å². The number of hydrogen-bond donors (Lipinski definition) is 1. The number of carbonyl (C=O) groups is 1. The average Bonchev–Trinajstić information content (AvgIpc) is 2.82. The van der Waals surface area contributed by atoms with Gasteiger partial charge in [-0.25, -0.2) is 4.98 Å². The monoisotopic (exact) mass is 262 g/mol. The highest BCUT2D eigenvalue weighted by Crippen LogP contribution is 2.32. The molecule has 1 atom stereocenters. The van der Waals surface area contributed by atoms with Crippen LogP contribution in [0.3, 0.4) is 0 Å². The number of hydrogen-bond acceptors (Lipinski definition) is 4. The van der Waals surface area contributed by atoms with Crippen LogP contribution in [0, 0.1) is 13.8 Å². The first kappa shape index (κ1) is 11.6. The summed E-state index contributed by atoms with van der Waals surface area (Å²) in [5.74, 6) is -0.0463. The van der Waals surface area contributed by atoms with E-state index in [1.807, 2.05) is 6.07 Å². The molecule has 1 unspecified atom stereocenters. The van der Waals surface area contributed by atoms with Gasteiger partial charge in [-0.15, -0.1) is 0 Å². The van der Waals surface area contributed by atoms with Gasteiger partial charge in [-0.2, -0.15) is 0 Å². The molecular weight excluding hydrogens is 248 g/mol. The zero-order chi connectivity index (χ0) is 12.9. The summed E-state index contributed by atoms with van der Waals surface area (Å²) in [6.45, 7) is 4.48. The summed E-state index contributed by atoms with van der Waals surface area (Å²) >= 11 is 1.51. The van der Waals surface area contributed by atoms with Gasteiger partial charge in [-0.3, -0.25) is 9.69 Å². The maximum absolute atomic E-state index is 11.7. The second-order valence-corrected chi connectivity index (χ2v) is 5.77. The molecule has 1 amide bonds. The van der Waals surface area contributed by atoms with E-state index in [1.54, 1.807) is 4.90 Å². The number of carbonyl (C=O) groups excluding carboxylic acids is 1. The van der Waals surface area contributed by atoms with Gasteiger partial charge in [-0.05, 0) is 37.1 Å². The van der Waals surface area contributed by atoms with Crippen LogP contribution < -0.4 is 4.90 Å². The lowest BCUT2D eigenvalue weighted by Crippen LogP contribution is -2.24. The summed E-state index contributed by atoms with van der Waals surface area (Å²) < 4.78 is 1.09. The number of rotatable bonds is 1. The number of amides is 1. The Balaban J connectivity index is 2.06. The van der Waals surface area contributed by atoms with Crippen molar-refractivity contribution >= 4 is 32.6 Å². The van der Waals surface area contributed by atoms with Gasteiger partial charge >= 0.3 is 0 Å². The summed E-state index contributed by atoms with van der Waals surface area (Å²) in [5, 5.41) is 10.2. The molecule has 94 valence electrons. The van der Waals surface area contributed by atoms with E-state index in [-0.39, 0.29) is 12.3 Å². The maximum Gasteiger partial charge on any atom is 0.231 e. The molecule has 0 spiro atoms. The lowest BCUT2D eigenvalue weighted by Gasteiger charge is -2.10. The van der Waals surface area contributed by atoms with Crippen LogP contribution in [0.2, 0.25) is 0 Å². The lowest BCUT2D eigenvalue weighted by molar-refractivity contribution is -0.117. The molecule has 1 fully saturated rings. The zero-order valence-corrected chi connectivity index (χ0v) is 11.1. The van der Waals surface area contributed by atoms with Gasteiger partial charge in [0.15, 0.2) is 5.13 Å². The van der Waals surface area contributed by atoms with Gasteiger partial charge in [0.05, 0.1) is 29.3 Å². The van der Waals surface area contributed by atoms with Crippen LogP contribution in [0.1, 0.15) is 17.5 Å². The number of aliphatic hydroxyl groups excluding tert-OH is 1. The predicted molar refractivity (Wildman–Crippen MR) is 72.1 cm³/mol. The Kier molecular flexibility index (Phi) is 2.60. The Bertz CT molecular complexity index is 596. The molecular formula is C13H14N2O2S. The zero-order valence-electron chi connectivity index (χ0n) is 10.3. The van der Waals surface area contributed by atoms with E-state index in [0.717, 1.165) is 10.2 Å². The highest BCUT2D eigenvalue weighted by Gasteiger charge is 2.31. The average molecular weight is 262 g/mol. The molecule has 4 nitrogen and oxygen atoms in total. The molecule has 5 heteroatoms. The fourth-order valence-electron chi connectivity index (χ4n) is 2.16. The number of nitrogens with zero attached hydrogens (tertiary/aromatic N) is 2. The first-order chi connectivity index (χ1) is 8.54. The fraction of sp³-hybridized carbons (Fsp3) is 0.385. The van der Waals surface area contributed by atoms with Crippen LogP contribution >= 0.6 is 11.3 Å². The van der Waals surface area contributed by atoms with E-state index in [2.05, 4.69) is 24.9 Å². The first-order valence-corrected chi connectivity index (χ1v) is 6.72. The summed E-state index contributed by atoms with van der Waals surface area (Å²) in [6.07, 6.45) is -0.360. The fourth-order valence-corrected chi connectivity index (χ4v) is 3.23. The van der Waals surface area contributed by atoms with Crippen molar-refractivity contribution in [2.45, 2.75) is 26.4 Å². The summed E-state index contributed by atoms with van der Waals surface area (Å²) in [7, 11) is 0. The van der Waals surface area contributed by atoms with Crippen LogP contribution in [0.25, 0.3) is 10.2 Å². The second-order valence-electron chi connectivity index (χ2n) is 4.76. The van der Waals surface area contributed by atoms with Gasteiger partial charge in [0, 0.05) is 0 Å². The number of fused-ring (bicyclic) bond motifs is 1. The molecule has 18 heavy (non-hydrogen) atoms. The normalized spacial score (nSPS) is 20.1. The Morgan fingerprint density at radius 3 is 2.78 bits per heavy atom. The Hall–Kier alpha value is -1.46. The summed E-state index contributed by atoms with van der Waals surface area (Å²) in [5.41, 5.74) is 3.35. The minimum absolute atomic E-state index is 0.0463. The lowest BCUT2D eigenvalue weighted by atomic mass is 10.1. The molecule has 1 aromatic carbocycles. The standard InChI is InChI=1S/C13H14N2O2S/c1-7-3-10-11(4-8(7)2)18-13(14-10)15-6-9(16)5-12(15)17/h3-4,9,16H,5-6H2,1-2H3. The molecule has 0 saturated carbocycles. The van der Waals surface area contributed by atoms with Gasteiger partial charge in [-0.1, -0.05) is 11.3 Å². The smallest absolute Gasteiger partial charge is 0.231 e. The van der Waals surface area contributed by atoms with Crippen molar-refractivity contribution in [3.63, 3.8) is 0 Å². The quantitative estimate of drug-likeness (QED) is 0.855. The molecule has 2 heterocycles. The molecule has 0 bridgehead atoms. The minimum atomic E-state index is -0.562. The van der Waals surface area contributed by atoms with Crippen molar-refractivity contribution < 1.29 is 9.90 Å². The van der Waals surface area contributed by atoms with Crippen LogP contribution in [0.5, 0.6) is 0 Å². The highest BCUT2D eigenvalue weighted by atomic mass is 32.1. The highest BCUT2D eigenvalue weighted by molar-refractivity contribution is 7.22. The van der Waals surface area contributed by atoms with Crippen molar-refractivity contribution in [3.05, 3.63) is 23.3 Å². The Morgan fingerprint density at radius 2 is 2.11 bits per heavy atom. The maximum atomic E-state index is 11.7. The number of aromatic nitrogens is 1. The minimum Gasteiger partial charge on any atom is -0.391 e. The Morgan fingerprint density at radius 1 is 1.39 bits per heavy atom. The van der Waals surface area contributed by atoms with E-state index in [9.17, 15) is 9.90 Å². The number of thiazole rings is 1. The van der Waals surface area contributed by atoms with Crippen LogP contribution in [0.15, 0.2) is 12.1 Å². The molecule has 1 saturated heterocycles. The summed E-state index contributed by atoms with van der Waals surface area (Å²) in [6, 6.07) is 4.14. The molecule has 0 radical (unpaired) electrons. The van der Waals surface area contributed by atoms with Gasteiger partial charge in [0.25, 0.3) is 0 Å². The number of aliphatic hydroxyl groups is 1. The van der Waals surface area contributed by atoms with Crippen LogP contribution in [-0.4, -0.2) is 28.6 Å². The van der Waals surface area contributed by atoms with Crippen LogP contribution in [0.4, 0.5) is 5.13 Å². The van der Waals surface area contributed by atoms with E-state index in [1.165, 1.54) is 22.5 Å². The molecule has 1 aliphatic heterocycles. The van der Waals surface area contributed by atoms with Crippen molar-refractivity contribution in [3.8, 4) is 0 Å². The van der Waals surface area contributed by atoms with Crippen molar-refractivity contribution in [2.75, 3.05) is 11.4 Å². The number of benzene rings is 1. The van der Waals surface area contributed by atoms with Crippen molar-refractivity contribution in [1.29, 1.82) is 0 Å². The molecule has 3 rings (SSSR count). The van der Waals surface area contributed by atoms with Gasteiger partial charge < -0.3 is 5.11 Å². The number of β-amino-alcohol motifs (C(OH)–C–C–N with tert-alkyl or cyclic N) is 1. The van der Waals surface area contributed by atoms with Crippen molar-refractivity contribution in [2.24, 2.45) is 0 Å². The number of anilines is 1. The topological polar surface area (TPSA) is 53.4 Å². The molecule has 0 aliphatic carbocycles. The van der Waals surface area contributed by atoms with E-state index < -0.39 is 6.10 Å². The SMILES string of the molecule is Cc1cc2nc(N3CC(O)CC3=O)sc2cc1C. The van der Waals surface area contributed by atoms with Crippen molar-refractivity contribution in [1.82, 2.24) is 4.98 Å². The molecule has 2 aromatic rings. The number of aryl methyl sites for hydroxylation is 2. The van der Waals surface area contributed by atoms with Gasteiger partial charge in [0.2, 0.25) is 5.91 Å². The molecule has 1 aliphatic rings. The third kappa shape index (κ3) is 1.79. The third-order valence-electron chi connectivity index (χ3n) is 3.33. The Labute approximate surface area is 109 Å². The molecule has 1 N–H and O–H groups in total. The summed E-state index contributed by atoms with van der Waals surface area (Å²) in [4.78, 5) is 17.8. The van der Waals surface area contributed by atoms with Gasteiger partial charge in [0.1, 0.15) is 0 Å². The van der Waals surface area contributed by atoms with E-state index in [4.69, 9.17) is 0 Å². The third-order valence-corrected chi connectivity index (χ3v) is 4.37. The van der Waals surface area contributed by atoms with E-state index >= 15 is 0 Å². The predicted octanol–water partition coefficient (Wildman–Crippen LogP) is 2.01. The molecule has 1 aromatic heterocycles. The first-order valence-electron chi connectivity index (χ1n) is 5.91. The second kappa shape index (κ2) is 4.03. The largest absolute Gasteiger partial charge is 0.391 e.